The van der Waals surface area contributed by atoms with Crippen LogP contribution in [0.3, 0.4) is 0 Å². The molecule has 3 N–H and O–H groups in total. The minimum Gasteiger partial charge on any atom is -0.457 e. The lowest BCUT2D eigenvalue weighted by molar-refractivity contribution is -0.121. The zero-order valence-electron chi connectivity index (χ0n) is 19.0. The minimum absolute atomic E-state index is 0.177. The minimum atomic E-state index is -0.449. The number of ether oxygens (including phenoxy) is 1. The number of benzene rings is 2. The summed E-state index contributed by atoms with van der Waals surface area (Å²) in [5.74, 6) is 2.10. The number of aliphatic hydroxyl groups is 1. The molecule has 0 saturated heterocycles. The van der Waals surface area contributed by atoms with Crippen LogP contribution >= 0.6 is 0 Å². The molecule has 5 rings (SSSR count). The first-order valence-electron chi connectivity index (χ1n) is 11.8. The average molecular weight is 457 g/mol. The first kappa shape index (κ1) is 22.1. The van der Waals surface area contributed by atoms with Gasteiger partial charge in [-0.2, -0.15) is 5.10 Å². The zero-order chi connectivity index (χ0) is 23.5. The molecule has 174 valence electrons. The van der Waals surface area contributed by atoms with Crippen LogP contribution in [0.1, 0.15) is 49.3 Å². The number of rotatable bonds is 8. The van der Waals surface area contributed by atoms with Gasteiger partial charge in [-0.15, -0.1) is 0 Å². The van der Waals surface area contributed by atoms with E-state index in [-0.39, 0.29) is 12.2 Å². The van der Waals surface area contributed by atoms with Gasteiger partial charge in [0.25, 0.3) is 0 Å². The number of aromatic nitrogens is 3. The van der Waals surface area contributed by atoms with Crippen molar-refractivity contribution in [2.75, 3.05) is 12.3 Å². The topological polar surface area (TPSA) is 103 Å². The van der Waals surface area contributed by atoms with Gasteiger partial charge < -0.3 is 15.6 Å². The fourth-order valence-electron chi connectivity index (χ4n) is 5.02. The Balaban J connectivity index is 1.62. The number of nitrogen functional groups attached to an aromatic ring is 1. The van der Waals surface area contributed by atoms with Crippen LogP contribution in [-0.4, -0.2) is 32.1 Å². The van der Waals surface area contributed by atoms with Crippen LogP contribution in [0, 0.1) is 0 Å². The van der Waals surface area contributed by atoms with Crippen molar-refractivity contribution in [1.29, 1.82) is 0 Å². The van der Waals surface area contributed by atoms with Gasteiger partial charge in [-0.1, -0.05) is 43.2 Å². The molecular weight excluding hydrogens is 428 g/mol. The van der Waals surface area contributed by atoms with E-state index in [0.29, 0.717) is 18.2 Å². The number of nitrogens with two attached hydrogens (primary N) is 1. The Hall–Kier alpha value is -3.71. The maximum absolute atomic E-state index is 12.0. The number of hydrogen-bond acceptors (Lipinski definition) is 6. The average Bonchev–Trinajstić information content (AvgIpc) is 3.50. The molecule has 2 aromatic heterocycles. The quantitative estimate of drug-likeness (QED) is 0.390. The van der Waals surface area contributed by atoms with Crippen LogP contribution in [0.5, 0.6) is 11.5 Å². The van der Waals surface area contributed by atoms with Crippen molar-refractivity contribution in [2.45, 2.75) is 44.4 Å². The predicted octanol–water partition coefficient (Wildman–Crippen LogP) is 4.92. The van der Waals surface area contributed by atoms with Gasteiger partial charge in [0.2, 0.25) is 0 Å². The summed E-state index contributed by atoms with van der Waals surface area (Å²) in [6.45, 7) is -0.449. The maximum atomic E-state index is 12.0. The lowest BCUT2D eigenvalue weighted by Crippen LogP contribution is -2.09. The molecule has 34 heavy (non-hydrogen) atoms. The van der Waals surface area contributed by atoms with E-state index in [1.54, 1.807) is 0 Å². The standard InChI is InChI=1S/C27H28N4O3/c28-27-26-24(18-10-13-22(14-11-18)34-21-8-2-1-3-9-21)23(15-12-20(33)16-32)25(19-6-4-5-7-19)31(26)30-17-29-27/h1-3,8-11,13-14,17,19,32H,4-7,12,15-16H2,(H2,28,29,30). The van der Waals surface area contributed by atoms with Crippen LogP contribution in [0.4, 0.5) is 5.82 Å². The number of para-hydroxylation sites is 1. The van der Waals surface area contributed by atoms with Crippen molar-refractivity contribution in [2.24, 2.45) is 0 Å². The van der Waals surface area contributed by atoms with Crippen molar-refractivity contribution in [1.82, 2.24) is 14.6 Å². The van der Waals surface area contributed by atoms with Gasteiger partial charge in [0, 0.05) is 23.6 Å². The molecule has 1 fully saturated rings. The molecule has 0 radical (unpaired) electrons. The number of hydrogen-bond donors (Lipinski definition) is 2. The van der Waals surface area contributed by atoms with Crippen LogP contribution in [0.2, 0.25) is 0 Å². The summed E-state index contributed by atoms with van der Waals surface area (Å²) < 4.78 is 7.89. The lowest BCUT2D eigenvalue weighted by Gasteiger charge is -2.13. The SMILES string of the molecule is Nc1ncnn2c(C3CCCC3)c(CCC(=O)CO)c(-c3ccc(Oc4ccccc4)cc3)c12. The highest BCUT2D eigenvalue weighted by Crippen LogP contribution is 2.44. The maximum Gasteiger partial charge on any atom is 0.158 e. The molecule has 7 heteroatoms. The third-order valence-electron chi connectivity index (χ3n) is 6.59. The highest BCUT2D eigenvalue weighted by atomic mass is 16.5. The molecule has 4 aromatic rings. The second-order valence-corrected chi connectivity index (χ2v) is 8.76. The van der Waals surface area contributed by atoms with E-state index in [9.17, 15) is 9.90 Å². The van der Waals surface area contributed by atoms with E-state index in [1.165, 1.54) is 19.2 Å². The number of fused-ring (bicyclic) bond motifs is 1. The van der Waals surface area contributed by atoms with E-state index in [0.717, 1.165) is 52.2 Å². The number of aliphatic hydroxyl groups excluding tert-OH is 1. The number of carbonyl (C=O) groups is 1. The molecule has 0 amide bonds. The lowest BCUT2D eigenvalue weighted by atomic mass is 9.92. The van der Waals surface area contributed by atoms with Crippen LogP contribution in [-0.2, 0) is 11.2 Å². The van der Waals surface area contributed by atoms with E-state index in [1.807, 2.05) is 59.1 Å². The van der Waals surface area contributed by atoms with Gasteiger partial charge in [0.1, 0.15) is 29.9 Å². The molecule has 0 spiro atoms. The largest absolute Gasteiger partial charge is 0.457 e. The number of Topliss-reactive ketones (excluding diaryl/α,β-unsaturated/α-hetero) is 1. The molecule has 1 saturated carbocycles. The Morgan fingerprint density at radius 1 is 1.06 bits per heavy atom. The Morgan fingerprint density at radius 2 is 1.76 bits per heavy atom. The number of nitrogens with zero attached hydrogens (tertiary/aromatic N) is 3. The van der Waals surface area contributed by atoms with Gasteiger partial charge in [-0.25, -0.2) is 9.50 Å². The number of anilines is 1. The summed E-state index contributed by atoms with van der Waals surface area (Å²) in [4.78, 5) is 16.3. The van der Waals surface area contributed by atoms with Gasteiger partial charge >= 0.3 is 0 Å². The van der Waals surface area contributed by atoms with Gasteiger partial charge in [0.15, 0.2) is 11.6 Å². The van der Waals surface area contributed by atoms with Crippen LogP contribution in [0.25, 0.3) is 16.6 Å². The fourth-order valence-corrected chi connectivity index (χ4v) is 5.02. The molecule has 0 atom stereocenters. The molecule has 2 aromatic carbocycles. The summed E-state index contributed by atoms with van der Waals surface area (Å²) in [6, 6.07) is 17.5. The molecule has 1 aliphatic carbocycles. The molecule has 0 unspecified atom stereocenters. The Bertz CT molecular complexity index is 1290. The summed E-state index contributed by atoms with van der Waals surface area (Å²) in [6.07, 6.45) is 6.79. The zero-order valence-corrected chi connectivity index (χ0v) is 19.0. The first-order valence-corrected chi connectivity index (χ1v) is 11.8. The Morgan fingerprint density at radius 3 is 2.47 bits per heavy atom. The number of ketones is 1. The third kappa shape index (κ3) is 4.26. The van der Waals surface area contributed by atoms with Gasteiger partial charge in [0.05, 0.1) is 0 Å². The van der Waals surface area contributed by atoms with Crippen LogP contribution in [0.15, 0.2) is 60.9 Å². The number of carbonyl (C=O) groups excluding carboxylic acids is 1. The van der Waals surface area contributed by atoms with Crippen molar-refractivity contribution < 1.29 is 14.6 Å². The summed E-state index contributed by atoms with van der Waals surface area (Å²) in [7, 11) is 0. The molecule has 0 aliphatic heterocycles. The van der Waals surface area contributed by atoms with E-state index < -0.39 is 6.61 Å². The summed E-state index contributed by atoms with van der Waals surface area (Å²) >= 11 is 0. The smallest absolute Gasteiger partial charge is 0.158 e. The normalized spacial score (nSPS) is 14.0. The highest BCUT2D eigenvalue weighted by molar-refractivity contribution is 5.92. The van der Waals surface area contributed by atoms with Crippen LogP contribution < -0.4 is 10.5 Å². The van der Waals surface area contributed by atoms with E-state index in [4.69, 9.17) is 10.5 Å². The second kappa shape index (κ2) is 9.65. The predicted molar refractivity (Wildman–Crippen MR) is 131 cm³/mol. The van der Waals surface area contributed by atoms with Crippen molar-refractivity contribution in [3.63, 3.8) is 0 Å². The molecule has 0 bridgehead atoms. The fraction of sp³-hybridized carbons (Fsp3) is 0.296. The Labute approximate surface area is 198 Å². The molecule has 1 aliphatic rings. The third-order valence-corrected chi connectivity index (χ3v) is 6.59. The van der Waals surface area contributed by atoms with Gasteiger partial charge in [-0.3, -0.25) is 4.79 Å². The Kier molecular flexibility index (Phi) is 6.27. The highest BCUT2D eigenvalue weighted by Gasteiger charge is 2.29. The molecule has 2 heterocycles. The van der Waals surface area contributed by atoms with Crippen molar-refractivity contribution in [3.05, 3.63) is 72.2 Å². The molecular formula is C27H28N4O3. The summed E-state index contributed by atoms with van der Waals surface area (Å²) in [5, 5.41) is 13.9. The van der Waals surface area contributed by atoms with E-state index in [2.05, 4.69) is 10.1 Å². The second-order valence-electron chi connectivity index (χ2n) is 8.76. The summed E-state index contributed by atoms with van der Waals surface area (Å²) in [5.41, 5.74) is 11.3. The molecule has 7 nitrogen and oxygen atoms in total. The van der Waals surface area contributed by atoms with Crippen molar-refractivity contribution >= 4 is 17.1 Å². The van der Waals surface area contributed by atoms with Crippen molar-refractivity contribution in [3.8, 4) is 22.6 Å². The van der Waals surface area contributed by atoms with E-state index >= 15 is 0 Å². The monoisotopic (exact) mass is 456 g/mol. The first-order chi connectivity index (χ1) is 16.7. The van der Waals surface area contributed by atoms with Gasteiger partial charge in [-0.05, 0) is 54.7 Å².